The van der Waals surface area contributed by atoms with Gasteiger partial charge in [0.15, 0.2) is 0 Å². The van der Waals surface area contributed by atoms with Gasteiger partial charge in [0.1, 0.15) is 11.2 Å². The lowest BCUT2D eigenvalue weighted by Gasteiger charge is -2.42. The highest BCUT2D eigenvalue weighted by molar-refractivity contribution is 7.25. The average Bonchev–Trinajstić information content (AvgIpc) is 3.84. The zero-order valence-electron chi connectivity index (χ0n) is 32.8. The monoisotopic (exact) mass is 740 g/mol. The zero-order valence-corrected chi connectivity index (χ0v) is 33.7. The average molecular weight is 741 g/mol. The van der Waals surface area contributed by atoms with E-state index in [1.165, 1.54) is 103 Å². The number of furan rings is 1. The maximum atomic E-state index is 6.59. The molecule has 12 rings (SSSR count). The van der Waals surface area contributed by atoms with Crippen LogP contribution >= 0.6 is 11.3 Å². The van der Waals surface area contributed by atoms with E-state index in [2.05, 4.69) is 179 Å². The number of benzene rings is 7. The van der Waals surface area contributed by atoms with Crippen molar-refractivity contribution in [3.63, 3.8) is 0 Å². The molecular formula is C51H41BN2OS. The zero-order chi connectivity index (χ0) is 38.0. The molecule has 0 amide bonds. The van der Waals surface area contributed by atoms with E-state index < -0.39 is 0 Å². The third-order valence-corrected chi connectivity index (χ3v) is 13.9. The molecule has 10 aromatic rings. The maximum Gasteiger partial charge on any atom is 0.333 e. The summed E-state index contributed by atoms with van der Waals surface area (Å²) in [5.41, 5.74) is 17.5. The second kappa shape index (κ2) is 10.7. The Morgan fingerprint density at radius 2 is 1.30 bits per heavy atom. The second-order valence-corrected chi connectivity index (χ2v) is 19.3. The highest BCUT2D eigenvalue weighted by atomic mass is 32.1. The lowest BCUT2D eigenvalue weighted by molar-refractivity contribution is 0.590. The molecule has 56 heavy (non-hydrogen) atoms. The summed E-state index contributed by atoms with van der Waals surface area (Å²) in [6.07, 6.45) is 0. The van der Waals surface area contributed by atoms with E-state index in [1.807, 2.05) is 11.3 Å². The Hall–Kier alpha value is -5.78. The number of aromatic nitrogens is 1. The van der Waals surface area contributed by atoms with Gasteiger partial charge in [-0.15, -0.1) is 11.3 Å². The van der Waals surface area contributed by atoms with Crippen molar-refractivity contribution in [2.45, 2.75) is 59.3 Å². The molecule has 3 aromatic heterocycles. The first-order chi connectivity index (χ1) is 26.9. The number of para-hydroxylation sites is 1. The highest BCUT2D eigenvalue weighted by Gasteiger charge is 2.45. The summed E-state index contributed by atoms with van der Waals surface area (Å²) < 4.78 is 11.8. The van der Waals surface area contributed by atoms with Gasteiger partial charge < -0.3 is 13.8 Å². The van der Waals surface area contributed by atoms with Crippen LogP contribution in [0.5, 0.6) is 0 Å². The topological polar surface area (TPSA) is 21.3 Å². The minimum absolute atomic E-state index is 0.00536. The molecule has 0 spiro atoms. The number of rotatable bonds is 1. The Morgan fingerprint density at radius 1 is 0.571 bits per heavy atom. The molecule has 0 radical (unpaired) electrons. The third-order valence-electron chi connectivity index (χ3n) is 12.8. The molecule has 0 aliphatic carbocycles. The number of anilines is 2. The van der Waals surface area contributed by atoms with Gasteiger partial charge in [0.25, 0.3) is 0 Å². The van der Waals surface area contributed by atoms with Crippen molar-refractivity contribution < 1.29 is 4.42 Å². The van der Waals surface area contributed by atoms with Gasteiger partial charge in [0.05, 0.1) is 11.0 Å². The van der Waals surface area contributed by atoms with Crippen molar-refractivity contribution in [1.82, 2.24) is 4.57 Å². The van der Waals surface area contributed by atoms with Crippen LogP contribution in [0.1, 0.15) is 58.2 Å². The molecule has 0 unspecified atom stereocenters. The first-order valence-electron chi connectivity index (χ1n) is 19.9. The minimum atomic E-state index is -0.0414. The molecule has 3 nitrogen and oxygen atoms in total. The van der Waals surface area contributed by atoms with E-state index in [4.69, 9.17) is 4.42 Å². The Labute approximate surface area is 330 Å². The fourth-order valence-corrected chi connectivity index (χ4v) is 11.1. The molecule has 7 aromatic carbocycles. The largest absolute Gasteiger partial charge is 0.456 e. The Kier molecular flexibility index (Phi) is 6.23. The molecule has 0 atom stereocenters. The van der Waals surface area contributed by atoms with Crippen molar-refractivity contribution in [2.75, 3.05) is 4.81 Å². The molecule has 0 fully saturated rings. The van der Waals surface area contributed by atoms with Crippen LogP contribution in [0.2, 0.25) is 0 Å². The van der Waals surface area contributed by atoms with Crippen LogP contribution in [-0.4, -0.2) is 11.4 Å². The number of fused-ring (bicyclic) bond motifs is 14. The third kappa shape index (κ3) is 4.24. The van der Waals surface area contributed by atoms with Gasteiger partial charge >= 0.3 is 6.85 Å². The number of aryl methyl sites for hydroxylation is 1. The van der Waals surface area contributed by atoms with E-state index in [0.29, 0.717) is 0 Å². The molecule has 270 valence electrons. The minimum Gasteiger partial charge on any atom is -0.456 e. The molecular weight excluding hydrogens is 699 g/mol. The van der Waals surface area contributed by atoms with Crippen LogP contribution in [0.3, 0.4) is 0 Å². The summed E-state index contributed by atoms with van der Waals surface area (Å²) in [4.78, 5) is 2.66. The number of hydrogen-bond acceptors (Lipinski definition) is 3. The Morgan fingerprint density at radius 3 is 2.09 bits per heavy atom. The summed E-state index contributed by atoms with van der Waals surface area (Å²) in [7, 11) is 0. The van der Waals surface area contributed by atoms with Crippen molar-refractivity contribution in [3.05, 3.63) is 138 Å². The van der Waals surface area contributed by atoms with E-state index in [9.17, 15) is 0 Å². The van der Waals surface area contributed by atoms with Gasteiger partial charge in [0, 0.05) is 70.4 Å². The molecule has 0 saturated heterocycles. The summed E-state index contributed by atoms with van der Waals surface area (Å²) in [6, 6.07) is 46.2. The number of thiophene rings is 1. The fraction of sp³-hybridized carbons (Fsp3) is 0.176. The van der Waals surface area contributed by atoms with Crippen LogP contribution in [0.4, 0.5) is 11.4 Å². The molecule has 0 saturated carbocycles. The van der Waals surface area contributed by atoms with Gasteiger partial charge in [-0.1, -0.05) is 108 Å². The maximum absolute atomic E-state index is 6.59. The lowest BCUT2D eigenvalue weighted by atomic mass is 9.43. The van der Waals surface area contributed by atoms with Crippen molar-refractivity contribution in [3.8, 4) is 16.8 Å². The van der Waals surface area contributed by atoms with Crippen LogP contribution < -0.4 is 15.7 Å². The van der Waals surface area contributed by atoms with Crippen LogP contribution in [0.25, 0.3) is 80.7 Å². The first-order valence-corrected chi connectivity index (χ1v) is 20.7. The summed E-state index contributed by atoms with van der Waals surface area (Å²) in [5, 5.41) is 7.58. The molecule has 0 N–H and O–H groups in total. The summed E-state index contributed by atoms with van der Waals surface area (Å²) >= 11 is 1.90. The van der Waals surface area contributed by atoms with E-state index in [0.717, 1.165) is 16.6 Å². The van der Waals surface area contributed by atoms with Crippen molar-refractivity contribution in [1.29, 1.82) is 0 Å². The predicted molar refractivity (Wildman–Crippen MR) is 242 cm³/mol. The van der Waals surface area contributed by atoms with Gasteiger partial charge in [-0.3, -0.25) is 0 Å². The fourth-order valence-electron chi connectivity index (χ4n) is 10.00. The van der Waals surface area contributed by atoms with Gasteiger partial charge in [-0.2, -0.15) is 0 Å². The highest BCUT2D eigenvalue weighted by Crippen LogP contribution is 2.49. The van der Waals surface area contributed by atoms with Crippen LogP contribution in [0, 0.1) is 6.92 Å². The number of nitrogens with zero attached hydrogens (tertiary/aromatic N) is 2. The van der Waals surface area contributed by atoms with Gasteiger partial charge in [-0.05, 0) is 99.5 Å². The molecule has 0 bridgehead atoms. The quantitative estimate of drug-likeness (QED) is 0.156. The van der Waals surface area contributed by atoms with Crippen LogP contribution in [0.15, 0.2) is 126 Å². The Bertz CT molecular complexity index is 3350. The van der Waals surface area contributed by atoms with E-state index >= 15 is 0 Å². The van der Waals surface area contributed by atoms with Gasteiger partial charge in [-0.25, -0.2) is 0 Å². The molecule has 5 heterocycles. The van der Waals surface area contributed by atoms with Crippen molar-refractivity contribution >= 4 is 104 Å². The normalized spacial score (nSPS) is 13.9. The SMILES string of the molecule is Cc1cc2c3c4c1c1cc5c(cc1n4-c1cc4sc6ccccc6c4cc1B3N(c1ccc(C(C)(C)C)cc1)c1ccc(C(C)(C)C)cc1-2)oc1ccccc15. The second-order valence-electron chi connectivity index (χ2n) is 18.2. The van der Waals surface area contributed by atoms with Gasteiger partial charge in [0.2, 0.25) is 0 Å². The van der Waals surface area contributed by atoms with E-state index in [1.54, 1.807) is 0 Å². The molecule has 2 aliphatic heterocycles. The standard InChI is InChI=1S/C51H41BN2OS/c1-28-22-37-34-23-30(51(5,6)7)18-21-40(34)54(31-19-16-29(17-20-31)50(2,3)4)52-39-25-36-33-13-9-11-15-45(33)56-46(36)27-42(39)53-41-26-44-35(32-12-8-10-14-43(32)55-44)24-38(41)47(28)49(53)48(37)52/h8-27H,1-7H3. The first kappa shape index (κ1) is 32.5. The van der Waals surface area contributed by atoms with E-state index in [-0.39, 0.29) is 17.7 Å². The summed E-state index contributed by atoms with van der Waals surface area (Å²) in [5.74, 6) is 0. The molecule has 2 aliphatic rings. The predicted octanol–water partition coefficient (Wildman–Crippen LogP) is 13.2. The van der Waals surface area contributed by atoms with Crippen LogP contribution in [-0.2, 0) is 10.8 Å². The van der Waals surface area contributed by atoms with Crippen molar-refractivity contribution in [2.24, 2.45) is 0 Å². The lowest BCUT2D eigenvalue weighted by Crippen LogP contribution is -2.60. The smallest absolute Gasteiger partial charge is 0.333 e. The summed E-state index contributed by atoms with van der Waals surface area (Å²) in [6.45, 7) is 16.2. The Balaban J connectivity index is 1.27. The number of hydrogen-bond donors (Lipinski definition) is 0. The molecule has 5 heteroatoms.